The summed E-state index contributed by atoms with van der Waals surface area (Å²) in [6, 6.07) is 0. The van der Waals surface area contributed by atoms with Crippen LogP contribution in [0.25, 0.3) is 0 Å². The Bertz CT molecular complexity index is 318. The second-order valence-electron chi connectivity index (χ2n) is 2.21. The molecular formula is C7H8ClN3O2. The van der Waals surface area contributed by atoms with Gasteiger partial charge in [-0.15, -0.1) is 0 Å². The van der Waals surface area contributed by atoms with Gasteiger partial charge in [0, 0.05) is 19.5 Å². The molecule has 0 aliphatic carbocycles. The first-order valence-corrected chi connectivity index (χ1v) is 3.88. The van der Waals surface area contributed by atoms with E-state index in [1.54, 1.807) is 0 Å². The van der Waals surface area contributed by atoms with Gasteiger partial charge in [0.25, 0.3) is 5.91 Å². The average Bonchev–Trinajstić information content (AvgIpc) is 2.16. The number of methoxy groups -OCH3 is 1. The Morgan fingerprint density at radius 2 is 2.23 bits per heavy atom. The molecule has 70 valence electrons. The van der Waals surface area contributed by atoms with E-state index in [1.807, 2.05) is 0 Å². The van der Waals surface area contributed by atoms with Gasteiger partial charge in [-0.05, 0) is 0 Å². The van der Waals surface area contributed by atoms with Gasteiger partial charge < -0.3 is 10.5 Å². The maximum atomic E-state index is 10.8. The van der Waals surface area contributed by atoms with Crippen LogP contribution in [0.5, 0.6) is 0 Å². The molecule has 2 N–H and O–H groups in total. The minimum Gasteiger partial charge on any atom is -0.364 e. The summed E-state index contributed by atoms with van der Waals surface area (Å²) in [6.07, 6.45) is 2.78. The number of carbonyl (C=O) groups is 1. The van der Waals surface area contributed by atoms with Gasteiger partial charge in [0.2, 0.25) is 0 Å². The van der Waals surface area contributed by atoms with Crippen molar-refractivity contribution in [3.05, 3.63) is 23.8 Å². The monoisotopic (exact) mass is 201 g/mol. The van der Waals surface area contributed by atoms with Gasteiger partial charge >= 0.3 is 0 Å². The van der Waals surface area contributed by atoms with Crippen LogP contribution in [-0.2, 0) is 4.74 Å². The van der Waals surface area contributed by atoms with Crippen LogP contribution >= 0.6 is 11.6 Å². The molecule has 0 aromatic carbocycles. The van der Waals surface area contributed by atoms with Gasteiger partial charge in [-0.3, -0.25) is 9.78 Å². The third kappa shape index (κ3) is 2.13. The van der Waals surface area contributed by atoms with E-state index < -0.39 is 11.5 Å². The second-order valence-corrected chi connectivity index (χ2v) is 2.60. The van der Waals surface area contributed by atoms with Crippen LogP contribution in [0.1, 0.15) is 21.7 Å². The largest absolute Gasteiger partial charge is 0.364 e. The van der Waals surface area contributed by atoms with Crippen molar-refractivity contribution in [1.82, 2.24) is 9.97 Å². The number of rotatable bonds is 3. The first-order valence-electron chi connectivity index (χ1n) is 3.44. The Balaban J connectivity index is 3.11. The van der Waals surface area contributed by atoms with Crippen molar-refractivity contribution < 1.29 is 9.53 Å². The predicted molar refractivity (Wildman–Crippen MR) is 46.2 cm³/mol. The minimum absolute atomic E-state index is 0.0318. The molecule has 0 saturated heterocycles. The molecule has 1 heterocycles. The van der Waals surface area contributed by atoms with Crippen LogP contribution in [-0.4, -0.2) is 23.0 Å². The van der Waals surface area contributed by atoms with Crippen LogP contribution in [0, 0.1) is 0 Å². The minimum atomic E-state index is -0.809. The quantitative estimate of drug-likeness (QED) is 0.721. The number of alkyl halides is 1. The fourth-order valence-corrected chi connectivity index (χ4v) is 0.976. The lowest BCUT2D eigenvalue weighted by Crippen LogP contribution is -2.17. The normalized spacial score (nSPS) is 12.5. The summed E-state index contributed by atoms with van der Waals surface area (Å²) in [5, 5.41) is 0. The molecule has 5 nitrogen and oxygen atoms in total. The number of hydrogen-bond donors (Lipinski definition) is 1. The molecule has 0 radical (unpaired) electrons. The first-order chi connectivity index (χ1) is 6.16. The number of halogens is 1. The molecule has 1 amide bonds. The van der Waals surface area contributed by atoms with Crippen molar-refractivity contribution in [2.45, 2.75) is 5.56 Å². The molecule has 0 aliphatic rings. The molecular weight excluding hydrogens is 194 g/mol. The predicted octanol–water partition coefficient (Wildman–Crippen LogP) is 0.459. The molecule has 1 rings (SSSR count). The van der Waals surface area contributed by atoms with Crippen LogP contribution in [0.2, 0.25) is 0 Å². The van der Waals surface area contributed by atoms with Crippen molar-refractivity contribution >= 4 is 17.5 Å². The van der Waals surface area contributed by atoms with E-state index in [0.29, 0.717) is 0 Å². The highest BCUT2D eigenvalue weighted by Gasteiger charge is 2.17. The highest BCUT2D eigenvalue weighted by atomic mass is 35.5. The lowest BCUT2D eigenvalue weighted by atomic mass is 10.3. The molecule has 0 spiro atoms. The summed E-state index contributed by atoms with van der Waals surface area (Å²) in [5.74, 6) is -0.675. The maximum absolute atomic E-state index is 10.8. The highest BCUT2D eigenvalue weighted by Crippen LogP contribution is 2.20. The lowest BCUT2D eigenvalue weighted by Gasteiger charge is -2.08. The average molecular weight is 202 g/mol. The summed E-state index contributed by atoms with van der Waals surface area (Å²) < 4.78 is 4.78. The molecule has 6 heteroatoms. The van der Waals surface area contributed by atoms with Crippen LogP contribution in [0.3, 0.4) is 0 Å². The number of carbonyl (C=O) groups excluding carboxylic acids is 1. The lowest BCUT2D eigenvalue weighted by molar-refractivity contribution is 0.0987. The number of nitrogens with two attached hydrogens (primary N) is 1. The van der Waals surface area contributed by atoms with Crippen molar-refractivity contribution in [1.29, 1.82) is 0 Å². The first kappa shape index (κ1) is 9.88. The Hall–Kier alpha value is -1.20. The van der Waals surface area contributed by atoms with Gasteiger partial charge in [0.1, 0.15) is 5.69 Å². The van der Waals surface area contributed by atoms with E-state index in [4.69, 9.17) is 22.1 Å². The van der Waals surface area contributed by atoms with E-state index in [2.05, 4.69) is 9.97 Å². The molecule has 0 fully saturated rings. The van der Waals surface area contributed by atoms with Crippen LogP contribution in [0.4, 0.5) is 0 Å². The van der Waals surface area contributed by atoms with Crippen LogP contribution in [0.15, 0.2) is 12.4 Å². The van der Waals surface area contributed by atoms with Crippen molar-refractivity contribution in [3.8, 4) is 0 Å². The second kappa shape index (κ2) is 4.15. The van der Waals surface area contributed by atoms with Crippen molar-refractivity contribution in [2.24, 2.45) is 5.73 Å². The molecule has 1 unspecified atom stereocenters. The van der Waals surface area contributed by atoms with Gasteiger partial charge in [0.15, 0.2) is 11.3 Å². The molecule has 13 heavy (non-hydrogen) atoms. The third-order valence-corrected chi connectivity index (χ3v) is 1.77. The Morgan fingerprint density at radius 1 is 1.62 bits per heavy atom. The fourth-order valence-electron chi connectivity index (χ4n) is 0.816. The fraction of sp³-hybridized carbons (Fsp3) is 0.286. The number of hydrogen-bond acceptors (Lipinski definition) is 4. The highest BCUT2D eigenvalue weighted by molar-refractivity contribution is 6.20. The Kier molecular flexibility index (Phi) is 3.16. The topological polar surface area (TPSA) is 78.1 Å². The Labute approximate surface area is 79.9 Å². The number of nitrogens with zero attached hydrogens (tertiary/aromatic N) is 2. The summed E-state index contributed by atoms with van der Waals surface area (Å²) in [6.45, 7) is 0. The van der Waals surface area contributed by atoms with E-state index in [0.717, 1.165) is 0 Å². The third-order valence-electron chi connectivity index (χ3n) is 1.38. The zero-order valence-corrected chi connectivity index (χ0v) is 7.65. The zero-order valence-electron chi connectivity index (χ0n) is 6.90. The van der Waals surface area contributed by atoms with E-state index in [-0.39, 0.29) is 11.4 Å². The van der Waals surface area contributed by atoms with Gasteiger partial charge in [-0.1, -0.05) is 11.6 Å². The van der Waals surface area contributed by atoms with Gasteiger partial charge in [-0.25, -0.2) is 4.98 Å². The summed E-state index contributed by atoms with van der Waals surface area (Å²) >= 11 is 5.71. The maximum Gasteiger partial charge on any atom is 0.269 e. The molecule has 1 aromatic heterocycles. The van der Waals surface area contributed by atoms with E-state index in [1.165, 1.54) is 19.5 Å². The standard InChI is InChI=1S/C7H8ClN3O2/c1-13-6(8)4-5(7(9)12)11-3-2-10-4/h2-3,6H,1H3,(H2,9,12). The molecule has 0 bridgehead atoms. The number of ether oxygens (including phenoxy) is 1. The van der Waals surface area contributed by atoms with Gasteiger partial charge in [0.05, 0.1) is 0 Å². The van der Waals surface area contributed by atoms with Crippen molar-refractivity contribution in [2.75, 3.05) is 7.11 Å². The van der Waals surface area contributed by atoms with E-state index in [9.17, 15) is 4.79 Å². The molecule has 1 atom stereocenters. The number of primary amides is 1. The smallest absolute Gasteiger partial charge is 0.269 e. The van der Waals surface area contributed by atoms with Gasteiger partial charge in [-0.2, -0.15) is 0 Å². The molecule has 0 saturated carbocycles. The summed E-state index contributed by atoms with van der Waals surface area (Å²) in [4.78, 5) is 18.4. The Morgan fingerprint density at radius 3 is 2.77 bits per heavy atom. The number of amides is 1. The molecule has 1 aromatic rings. The molecule has 0 aliphatic heterocycles. The van der Waals surface area contributed by atoms with Crippen LogP contribution < -0.4 is 5.73 Å². The number of aromatic nitrogens is 2. The summed E-state index contributed by atoms with van der Waals surface area (Å²) in [7, 11) is 1.40. The summed E-state index contributed by atoms with van der Waals surface area (Å²) in [5.41, 5.74) is 4.51. The van der Waals surface area contributed by atoms with Crippen molar-refractivity contribution in [3.63, 3.8) is 0 Å². The SMILES string of the molecule is COC(Cl)c1nccnc1C(N)=O. The van der Waals surface area contributed by atoms with E-state index >= 15 is 0 Å². The zero-order chi connectivity index (χ0) is 9.84.